The molecule has 0 saturated carbocycles. The van der Waals surface area contributed by atoms with Crippen molar-refractivity contribution >= 4 is 29.1 Å². The maximum absolute atomic E-state index is 9.29. The zero-order valence-corrected chi connectivity index (χ0v) is 15.3. The molecule has 2 aromatic heterocycles. The number of hydrogen-bond donors (Lipinski definition) is 3. The Hall–Kier alpha value is -2.70. The van der Waals surface area contributed by atoms with E-state index in [1.54, 1.807) is 12.4 Å². The van der Waals surface area contributed by atoms with E-state index in [2.05, 4.69) is 25.6 Å². The largest absolute Gasteiger partial charge is 0.394 e. The molecule has 0 spiro atoms. The lowest BCUT2D eigenvalue weighted by Gasteiger charge is -2.14. The number of halogens is 1. The van der Waals surface area contributed by atoms with Gasteiger partial charge in [-0.1, -0.05) is 11.6 Å². The van der Waals surface area contributed by atoms with Crippen LogP contribution in [0.5, 0.6) is 0 Å². The first kappa shape index (κ1) is 18.1. The number of aromatic nitrogens is 3. The maximum Gasteiger partial charge on any atom is 0.225 e. The number of pyridine rings is 1. The van der Waals surface area contributed by atoms with Gasteiger partial charge in [0.2, 0.25) is 5.95 Å². The van der Waals surface area contributed by atoms with E-state index in [0.717, 1.165) is 27.5 Å². The fourth-order valence-electron chi connectivity index (χ4n) is 2.38. The molecule has 0 unspecified atom stereocenters. The third kappa shape index (κ3) is 4.47. The summed E-state index contributed by atoms with van der Waals surface area (Å²) in [7, 11) is 0. The van der Waals surface area contributed by atoms with Gasteiger partial charge in [0.05, 0.1) is 12.3 Å². The summed E-state index contributed by atoms with van der Waals surface area (Å²) in [5.74, 6) is 1.08. The molecule has 6 nitrogen and oxygen atoms in total. The van der Waals surface area contributed by atoms with Crippen LogP contribution in [0.25, 0.3) is 11.3 Å². The van der Waals surface area contributed by atoms with Crippen LogP contribution in [0.15, 0.2) is 48.8 Å². The molecule has 3 N–H and O–H groups in total. The first-order chi connectivity index (χ1) is 12.5. The third-order valence-corrected chi connectivity index (χ3v) is 4.21. The highest BCUT2D eigenvalue weighted by atomic mass is 35.5. The third-order valence-electron chi connectivity index (χ3n) is 3.78. The number of aryl methyl sites for hydroxylation is 1. The van der Waals surface area contributed by atoms with Gasteiger partial charge in [0.15, 0.2) is 0 Å². The van der Waals surface area contributed by atoms with Crippen molar-refractivity contribution in [3.63, 3.8) is 0 Å². The second-order valence-electron chi connectivity index (χ2n) is 6.01. The van der Waals surface area contributed by atoms with Gasteiger partial charge in [-0.15, -0.1) is 0 Å². The topological polar surface area (TPSA) is 83.0 Å². The van der Waals surface area contributed by atoms with Gasteiger partial charge >= 0.3 is 0 Å². The predicted octanol–water partition coefficient (Wildman–Crippen LogP) is 4.04. The zero-order chi connectivity index (χ0) is 18.5. The van der Waals surface area contributed by atoms with E-state index < -0.39 is 0 Å². The number of nitrogens with one attached hydrogen (secondary N) is 2. The highest BCUT2D eigenvalue weighted by Gasteiger charge is 2.10. The van der Waals surface area contributed by atoms with Crippen LogP contribution < -0.4 is 10.6 Å². The molecule has 0 fully saturated rings. The molecule has 0 aliphatic carbocycles. The molecule has 1 atom stereocenters. The second-order valence-corrected chi connectivity index (χ2v) is 6.42. The first-order valence-electron chi connectivity index (χ1n) is 8.25. The minimum absolute atomic E-state index is 0.0119. The summed E-state index contributed by atoms with van der Waals surface area (Å²) in [6, 6.07) is 11.2. The average Bonchev–Trinajstić information content (AvgIpc) is 2.65. The van der Waals surface area contributed by atoms with Gasteiger partial charge in [-0.2, -0.15) is 4.98 Å². The van der Waals surface area contributed by atoms with Crippen LogP contribution in [-0.2, 0) is 0 Å². The SMILES string of the molecule is Cc1cc(Nc2cc(-c3ccncc3)nc(N[C@@H](C)CO)n2)ccc1Cl. The lowest BCUT2D eigenvalue weighted by molar-refractivity contribution is 0.281. The predicted molar refractivity (Wildman–Crippen MR) is 105 cm³/mol. The minimum atomic E-state index is -0.159. The lowest BCUT2D eigenvalue weighted by atomic mass is 10.2. The van der Waals surface area contributed by atoms with Crippen molar-refractivity contribution in [2.75, 3.05) is 17.2 Å². The summed E-state index contributed by atoms with van der Waals surface area (Å²) < 4.78 is 0. The fraction of sp³-hybridized carbons (Fsp3) is 0.211. The van der Waals surface area contributed by atoms with Crippen molar-refractivity contribution < 1.29 is 5.11 Å². The Balaban J connectivity index is 1.97. The van der Waals surface area contributed by atoms with E-state index in [4.69, 9.17) is 11.6 Å². The average molecular weight is 370 g/mol. The van der Waals surface area contributed by atoms with Crippen LogP contribution in [0, 0.1) is 6.92 Å². The molecule has 0 bridgehead atoms. The molecule has 0 radical (unpaired) electrons. The molecule has 134 valence electrons. The summed E-state index contributed by atoms with van der Waals surface area (Å²) in [4.78, 5) is 13.1. The van der Waals surface area contributed by atoms with E-state index in [1.165, 1.54) is 0 Å². The summed E-state index contributed by atoms with van der Waals surface area (Å²) >= 11 is 6.09. The van der Waals surface area contributed by atoms with Crippen LogP contribution in [0.4, 0.5) is 17.5 Å². The molecule has 2 heterocycles. The fourth-order valence-corrected chi connectivity index (χ4v) is 2.50. The van der Waals surface area contributed by atoms with Gasteiger partial charge in [0.1, 0.15) is 5.82 Å². The molecule has 0 aliphatic heterocycles. The van der Waals surface area contributed by atoms with Crippen molar-refractivity contribution in [3.05, 3.63) is 59.4 Å². The number of aliphatic hydroxyl groups excluding tert-OH is 1. The van der Waals surface area contributed by atoms with Crippen molar-refractivity contribution in [1.82, 2.24) is 15.0 Å². The smallest absolute Gasteiger partial charge is 0.225 e. The first-order valence-corrected chi connectivity index (χ1v) is 8.63. The van der Waals surface area contributed by atoms with Crippen molar-refractivity contribution in [3.8, 4) is 11.3 Å². The Bertz CT molecular complexity index is 888. The normalized spacial score (nSPS) is 11.8. The Morgan fingerprint density at radius 3 is 2.58 bits per heavy atom. The molecule has 26 heavy (non-hydrogen) atoms. The van der Waals surface area contributed by atoms with Gasteiger partial charge in [-0.05, 0) is 49.7 Å². The number of aliphatic hydroxyl groups is 1. The Morgan fingerprint density at radius 1 is 1.12 bits per heavy atom. The van der Waals surface area contributed by atoms with Gasteiger partial charge in [-0.25, -0.2) is 4.98 Å². The number of benzene rings is 1. The van der Waals surface area contributed by atoms with Crippen LogP contribution in [0.3, 0.4) is 0 Å². The Labute approximate surface area is 157 Å². The summed E-state index contributed by atoms with van der Waals surface area (Å²) in [5, 5.41) is 16.4. The maximum atomic E-state index is 9.29. The Morgan fingerprint density at radius 2 is 1.88 bits per heavy atom. The van der Waals surface area contributed by atoms with Crippen LogP contribution >= 0.6 is 11.6 Å². The Kier molecular flexibility index (Phi) is 5.65. The van der Waals surface area contributed by atoms with Crippen molar-refractivity contribution in [2.45, 2.75) is 19.9 Å². The molecule has 7 heteroatoms. The van der Waals surface area contributed by atoms with E-state index in [-0.39, 0.29) is 12.6 Å². The highest BCUT2D eigenvalue weighted by Crippen LogP contribution is 2.25. The van der Waals surface area contributed by atoms with E-state index in [0.29, 0.717) is 11.8 Å². The molecule has 0 saturated heterocycles. The molecule has 1 aromatic carbocycles. The van der Waals surface area contributed by atoms with Crippen molar-refractivity contribution in [2.24, 2.45) is 0 Å². The molecule has 0 amide bonds. The van der Waals surface area contributed by atoms with Crippen LogP contribution in [-0.4, -0.2) is 32.7 Å². The summed E-state index contributed by atoms with van der Waals surface area (Å²) in [5.41, 5.74) is 3.54. The van der Waals surface area contributed by atoms with Crippen LogP contribution in [0.1, 0.15) is 12.5 Å². The highest BCUT2D eigenvalue weighted by molar-refractivity contribution is 6.31. The standard InChI is InChI=1S/C19H20ClN5O/c1-12-9-15(3-4-16(12)20)23-18-10-17(14-5-7-21-8-6-14)24-19(25-18)22-13(2)11-26/h3-10,13,26H,11H2,1-2H3,(H2,22,23,24,25)/t13-/m0/s1. The monoisotopic (exact) mass is 369 g/mol. The zero-order valence-electron chi connectivity index (χ0n) is 14.6. The van der Waals surface area contributed by atoms with Crippen LogP contribution in [0.2, 0.25) is 5.02 Å². The van der Waals surface area contributed by atoms with E-state index in [1.807, 2.05) is 50.2 Å². The summed E-state index contributed by atoms with van der Waals surface area (Å²) in [6.07, 6.45) is 3.44. The second kappa shape index (κ2) is 8.12. The van der Waals surface area contributed by atoms with Gasteiger partial charge in [-0.3, -0.25) is 4.98 Å². The summed E-state index contributed by atoms with van der Waals surface area (Å²) in [6.45, 7) is 3.80. The lowest BCUT2D eigenvalue weighted by Crippen LogP contribution is -2.21. The van der Waals surface area contributed by atoms with Gasteiger partial charge in [0.25, 0.3) is 0 Å². The molecule has 3 aromatic rings. The van der Waals surface area contributed by atoms with Gasteiger partial charge < -0.3 is 15.7 Å². The number of nitrogens with zero attached hydrogens (tertiary/aromatic N) is 3. The van der Waals surface area contributed by atoms with E-state index in [9.17, 15) is 5.11 Å². The van der Waals surface area contributed by atoms with Gasteiger partial charge in [0, 0.05) is 40.8 Å². The number of anilines is 3. The quantitative estimate of drug-likeness (QED) is 0.608. The number of rotatable bonds is 6. The molecule has 3 rings (SSSR count). The molecular weight excluding hydrogens is 350 g/mol. The molecule has 0 aliphatic rings. The van der Waals surface area contributed by atoms with Crippen molar-refractivity contribution in [1.29, 1.82) is 0 Å². The molecular formula is C19H20ClN5O. The van der Waals surface area contributed by atoms with E-state index >= 15 is 0 Å². The minimum Gasteiger partial charge on any atom is -0.394 e. The number of hydrogen-bond acceptors (Lipinski definition) is 6.